The fraction of sp³-hybridized carbons (Fsp3) is 0.692. The summed E-state index contributed by atoms with van der Waals surface area (Å²) in [5.41, 5.74) is 0. The van der Waals surface area contributed by atoms with Crippen LogP contribution in [0.3, 0.4) is 0 Å². The van der Waals surface area contributed by atoms with Crippen molar-refractivity contribution < 1.29 is 9.47 Å². The highest BCUT2D eigenvalue weighted by atomic mass is 35.5. The van der Waals surface area contributed by atoms with Gasteiger partial charge in [0, 0.05) is 18.5 Å². The number of halogens is 1. The van der Waals surface area contributed by atoms with E-state index >= 15 is 0 Å². The van der Waals surface area contributed by atoms with E-state index in [1.54, 1.807) is 20.3 Å². The van der Waals surface area contributed by atoms with Crippen molar-refractivity contribution in [2.45, 2.75) is 31.7 Å². The molecular formula is C13H20ClN3O2. The quantitative estimate of drug-likeness (QED) is 0.796. The van der Waals surface area contributed by atoms with Crippen molar-refractivity contribution >= 4 is 17.5 Å². The number of anilines is 1. The van der Waals surface area contributed by atoms with E-state index in [2.05, 4.69) is 14.9 Å². The molecule has 0 N–H and O–H groups in total. The van der Waals surface area contributed by atoms with Gasteiger partial charge >= 0.3 is 0 Å². The molecule has 1 unspecified atom stereocenters. The van der Waals surface area contributed by atoms with Gasteiger partial charge in [0.05, 0.1) is 20.3 Å². The molecule has 0 radical (unpaired) electrons. The summed E-state index contributed by atoms with van der Waals surface area (Å²) in [5.74, 6) is 2.26. The zero-order valence-corrected chi connectivity index (χ0v) is 12.2. The Hall–Kier alpha value is -1.23. The van der Waals surface area contributed by atoms with Crippen LogP contribution < -0.4 is 14.4 Å². The van der Waals surface area contributed by atoms with Gasteiger partial charge in [-0.1, -0.05) is 12.8 Å². The molecule has 6 heteroatoms. The number of ether oxygens (including phenoxy) is 2. The normalized spacial score (nSPS) is 19.9. The van der Waals surface area contributed by atoms with Gasteiger partial charge in [0.15, 0.2) is 0 Å². The van der Waals surface area contributed by atoms with Crippen molar-refractivity contribution in [3.05, 3.63) is 6.07 Å². The van der Waals surface area contributed by atoms with Crippen molar-refractivity contribution in [3.63, 3.8) is 0 Å². The van der Waals surface area contributed by atoms with E-state index < -0.39 is 0 Å². The van der Waals surface area contributed by atoms with Crippen molar-refractivity contribution in [3.8, 4) is 11.8 Å². The summed E-state index contributed by atoms with van der Waals surface area (Å²) < 4.78 is 10.4. The van der Waals surface area contributed by atoms with Crippen LogP contribution in [0.15, 0.2) is 6.07 Å². The molecule has 2 heterocycles. The van der Waals surface area contributed by atoms with Gasteiger partial charge in [-0.25, -0.2) is 0 Å². The number of rotatable bonds is 4. The van der Waals surface area contributed by atoms with Crippen LogP contribution in [0, 0.1) is 0 Å². The van der Waals surface area contributed by atoms with Crippen molar-refractivity contribution in [1.82, 2.24) is 9.97 Å². The summed E-state index contributed by atoms with van der Waals surface area (Å²) in [4.78, 5) is 11.0. The summed E-state index contributed by atoms with van der Waals surface area (Å²) in [6.07, 6.45) is 4.64. The number of hydrogen-bond acceptors (Lipinski definition) is 5. The first-order chi connectivity index (χ1) is 9.28. The maximum atomic E-state index is 6.09. The molecule has 106 valence electrons. The zero-order chi connectivity index (χ0) is 13.7. The summed E-state index contributed by atoms with van der Waals surface area (Å²) >= 11 is 6.09. The molecule has 19 heavy (non-hydrogen) atoms. The molecule has 1 aliphatic heterocycles. The van der Waals surface area contributed by atoms with Gasteiger partial charge < -0.3 is 14.4 Å². The van der Waals surface area contributed by atoms with E-state index in [0.29, 0.717) is 23.6 Å². The molecule has 1 atom stereocenters. The lowest BCUT2D eigenvalue weighted by Crippen LogP contribution is -2.37. The van der Waals surface area contributed by atoms with Crippen LogP contribution in [0.1, 0.15) is 25.7 Å². The Morgan fingerprint density at radius 1 is 1.21 bits per heavy atom. The van der Waals surface area contributed by atoms with Crippen molar-refractivity contribution in [2.75, 3.05) is 31.5 Å². The third kappa shape index (κ3) is 3.41. The van der Waals surface area contributed by atoms with Crippen LogP contribution >= 0.6 is 11.6 Å². The molecule has 2 rings (SSSR count). The Bertz CT molecular complexity index is 395. The average Bonchev–Trinajstić information content (AvgIpc) is 2.71. The van der Waals surface area contributed by atoms with Crippen molar-refractivity contribution in [1.29, 1.82) is 0 Å². The van der Waals surface area contributed by atoms with Gasteiger partial charge in [-0.2, -0.15) is 9.97 Å². The van der Waals surface area contributed by atoms with Gasteiger partial charge in [0.1, 0.15) is 0 Å². The smallest absolute Gasteiger partial charge is 0.232 e. The lowest BCUT2D eigenvalue weighted by Gasteiger charge is -2.28. The van der Waals surface area contributed by atoms with E-state index in [9.17, 15) is 0 Å². The molecule has 0 bridgehead atoms. The molecule has 0 spiro atoms. The highest BCUT2D eigenvalue weighted by Crippen LogP contribution is 2.26. The van der Waals surface area contributed by atoms with Crippen LogP contribution in [0.5, 0.6) is 11.8 Å². The highest BCUT2D eigenvalue weighted by molar-refractivity contribution is 6.18. The number of hydrogen-bond donors (Lipinski definition) is 0. The lowest BCUT2D eigenvalue weighted by molar-refractivity contribution is 0.370. The fourth-order valence-electron chi connectivity index (χ4n) is 2.33. The Morgan fingerprint density at radius 3 is 2.47 bits per heavy atom. The van der Waals surface area contributed by atoms with E-state index in [-0.39, 0.29) is 6.04 Å². The summed E-state index contributed by atoms with van der Waals surface area (Å²) in [7, 11) is 3.18. The Balaban J connectivity index is 2.31. The van der Waals surface area contributed by atoms with Crippen LogP contribution in [-0.4, -0.2) is 42.7 Å². The largest absolute Gasteiger partial charge is 0.481 e. The number of aromatic nitrogens is 2. The van der Waals surface area contributed by atoms with E-state index in [1.165, 1.54) is 12.8 Å². The molecule has 5 nitrogen and oxygen atoms in total. The summed E-state index contributed by atoms with van der Waals surface area (Å²) in [5, 5.41) is 0. The van der Waals surface area contributed by atoms with Gasteiger partial charge in [0.2, 0.25) is 17.7 Å². The topological polar surface area (TPSA) is 47.5 Å². The van der Waals surface area contributed by atoms with E-state index in [1.807, 2.05) is 0 Å². The number of alkyl halides is 1. The zero-order valence-electron chi connectivity index (χ0n) is 11.4. The van der Waals surface area contributed by atoms with Crippen LogP contribution in [-0.2, 0) is 0 Å². The van der Waals surface area contributed by atoms with Crippen LogP contribution in [0.25, 0.3) is 0 Å². The monoisotopic (exact) mass is 285 g/mol. The minimum absolute atomic E-state index is 0.279. The van der Waals surface area contributed by atoms with Gasteiger partial charge in [-0.15, -0.1) is 11.6 Å². The SMILES string of the molecule is COc1cc(OC)nc(N2CCCCCC2CCl)n1. The second kappa shape index (κ2) is 6.80. The van der Waals surface area contributed by atoms with Crippen molar-refractivity contribution in [2.24, 2.45) is 0 Å². The molecule has 0 amide bonds. The lowest BCUT2D eigenvalue weighted by atomic mass is 10.1. The molecule has 0 aromatic carbocycles. The number of methoxy groups -OCH3 is 2. The maximum absolute atomic E-state index is 6.09. The first kappa shape index (κ1) is 14.2. The molecule has 1 saturated heterocycles. The Kier molecular flexibility index (Phi) is 5.07. The maximum Gasteiger partial charge on any atom is 0.232 e. The average molecular weight is 286 g/mol. The van der Waals surface area contributed by atoms with Crippen LogP contribution in [0.4, 0.5) is 5.95 Å². The Labute approximate surface area is 118 Å². The highest BCUT2D eigenvalue weighted by Gasteiger charge is 2.23. The van der Waals surface area contributed by atoms with Gasteiger partial charge in [-0.05, 0) is 12.8 Å². The van der Waals surface area contributed by atoms with E-state index in [4.69, 9.17) is 21.1 Å². The predicted octanol–water partition coefficient (Wildman–Crippen LogP) is 2.48. The van der Waals surface area contributed by atoms with E-state index in [0.717, 1.165) is 19.4 Å². The molecule has 0 saturated carbocycles. The summed E-state index contributed by atoms with van der Waals surface area (Å²) in [6.45, 7) is 0.924. The standard InChI is InChI=1S/C13H20ClN3O2/c1-18-11-8-12(19-2)16-13(15-11)17-7-5-3-4-6-10(17)9-14/h8,10H,3-7,9H2,1-2H3. The van der Waals surface area contributed by atoms with Gasteiger partial charge in [-0.3, -0.25) is 0 Å². The second-order valence-electron chi connectivity index (χ2n) is 4.60. The molecular weight excluding hydrogens is 266 g/mol. The molecule has 0 aliphatic carbocycles. The molecule has 1 aliphatic rings. The first-order valence-electron chi connectivity index (χ1n) is 6.58. The molecule has 1 aromatic rings. The first-order valence-corrected chi connectivity index (χ1v) is 7.11. The number of nitrogens with zero attached hydrogens (tertiary/aromatic N) is 3. The minimum atomic E-state index is 0.279. The molecule has 1 aromatic heterocycles. The third-order valence-corrected chi connectivity index (χ3v) is 3.75. The second-order valence-corrected chi connectivity index (χ2v) is 4.91. The fourth-order valence-corrected chi connectivity index (χ4v) is 2.65. The van der Waals surface area contributed by atoms with Gasteiger partial charge in [0.25, 0.3) is 0 Å². The minimum Gasteiger partial charge on any atom is -0.481 e. The third-order valence-electron chi connectivity index (χ3n) is 3.40. The van der Waals surface area contributed by atoms with Crippen LogP contribution in [0.2, 0.25) is 0 Å². The molecule has 1 fully saturated rings. The summed E-state index contributed by atoms with van der Waals surface area (Å²) in [6, 6.07) is 1.96. The Morgan fingerprint density at radius 2 is 1.89 bits per heavy atom. The predicted molar refractivity (Wildman–Crippen MR) is 75.5 cm³/mol.